The maximum absolute atomic E-state index is 10.0. The zero-order chi connectivity index (χ0) is 21.5. The summed E-state index contributed by atoms with van der Waals surface area (Å²) < 4.78 is 13.7. The summed E-state index contributed by atoms with van der Waals surface area (Å²) in [7, 11) is 0. The molecule has 3 aromatic rings. The predicted octanol–water partition coefficient (Wildman–Crippen LogP) is 4.01. The van der Waals surface area contributed by atoms with Crippen LogP contribution >= 0.6 is 0 Å². The maximum atomic E-state index is 10.0. The Kier molecular flexibility index (Phi) is 5.40. The van der Waals surface area contributed by atoms with E-state index in [1.165, 1.54) is 5.56 Å². The summed E-state index contributed by atoms with van der Waals surface area (Å²) in [6.07, 6.45) is 6.34. The van der Waals surface area contributed by atoms with Crippen LogP contribution in [-0.2, 0) is 17.8 Å². The van der Waals surface area contributed by atoms with Gasteiger partial charge in [-0.3, -0.25) is 4.98 Å². The van der Waals surface area contributed by atoms with Gasteiger partial charge < -0.3 is 14.6 Å². The molecule has 1 fully saturated rings. The molecule has 1 aromatic carbocycles. The van der Waals surface area contributed by atoms with E-state index in [2.05, 4.69) is 28.3 Å². The Morgan fingerprint density at radius 2 is 2.19 bits per heavy atom. The highest BCUT2D eigenvalue weighted by Gasteiger charge is 2.46. The number of benzene rings is 1. The number of nitrogens with zero attached hydrogens (tertiary/aromatic N) is 4. The van der Waals surface area contributed by atoms with Crippen molar-refractivity contribution < 1.29 is 14.6 Å². The fourth-order valence-corrected chi connectivity index (χ4v) is 4.99. The van der Waals surface area contributed by atoms with Gasteiger partial charge >= 0.3 is 0 Å². The lowest BCUT2D eigenvalue weighted by Gasteiger charge is -2.19. The number of pyridine rings is 1. The van der Waals surface area contributed by atoms with Gasteiger partial charge in [0.15, 0.2) is 0 Å². The van der Waals surface area contributed by atoms with Crippen molar-refractivity contribution in [1.82, 2.24) is 20.0 Å². The molecular formula is C24H30N4O3. The SMILES string of the molecule is CCC(C(C)O)C1CC1n1cc(C(C)Oc2ccc3ncc4c(c3c2)CCOC4)nn1. The van der Waals surface area contributed by atoms with Gasteiger partial charge in [-0.15, -0.1) is 5.10 Å². The van der Waals surface area contributed by atoms with Crippen LogP contribution in [0.4, 0.5) is 0 Å². The molecule has 2 aromatic heterocycles. The molecule has 1 saturated carbocycles. The molecular weight excluding hydrogens is 392 g/mol. The minimum absolute atomic E-state index is 0.210. The molecule has 5 atom stereocenters. The average molecular weight is 423 g/mol. The van der Waals surface area contributed by atoms with Crippen LogP contribution in [0.3, 0.4) is 0 Å². The van der Waals surface area contributed by atoms with Crippen molar-refractivity contribution in [2.45, 2.75) is 64.9 Å². The van der Waals surface area contributed by atoms with Gasteiger partial charge in [0, 0.05) is 11.6 Å². The molecule has 31 heavy (non-hydrogen) atoms. The van der Waals surface area contributed by atoms with Crippen molar-refractivity contribution in [2.24, 2.45) is 11.8 Å². The number of rotatable bonds is 7. The second-order valence-electron chi connectivity index (χ2n) is 8.91. The molecule has 164 valence electrons. The second kappa shape index (κ2) is 8.20. The molecule has 1 N–H and O–H groups in total. The molecule has 0 amide bonds. The van der Waals surface area contributed by atoms with Gasteiger partial charge in [0.25, 0.3) is 0 Å². The van der Waals surface area contributed by atoms with E-state index in [4.69, 9.17) is 9.47 Å². The van der Waals surface area contributed by atoms with Gasteiger partial charge in [-0.25, -0.2) is 4.68 Å². The summed E-state index contributed by atoms with van der Waals surface area (Å²) in [5, 5.41) is 19.9. The molecule has 0 spiro atoms. The first-order valence-corrected chi connectivity index (χ1v) is 11.3. The van der Waals surface area contributed by atoms with E-state index in [0.29, 0.717) is 24.5 Å². The second-order valence-corrected chi connectivity index (χ2v) is 8.91. The van der Waals surface area contributed by atoms with Crippen LogP contribution in [0.15, 0.2) is 30.6 Å². The number of hydrogen-bond donors (Lipinski definition) is 1. The molecule has 5 unspecified atom stereocenters. The van der Waals surface area contributed by atoms with E-state index in [1.54, 1.807) is 0 Å². The van der Waals surface area contributed by atoms with E-state index in [9.17, 15) is 5.11 Å². The smallest absolute Gasteiger partial charge is 0.141 e. The van der Waals surface area contributed by atoms with Crippen molar-refractivity contribution in [3.63, 3.8) is 0 Å². The Morgan fingerprint density at radius 3 is 3.00 bits per heavy atom. The highest BCUT2D eigenvalue weighted by Crippen LogP contribution is 2.50. The highest BCUT2D eigenvalue weighted by atomic mass is 16.5. The molecule has 5 rings (SSSR count). The summed E-state index contributed by atoms with van der Waals surface area (Å²) in [5.41, 5.74) is 4.27. The lowest BCUT2D eigenvalue weighted by Crippen LogP contribution is -2.19. The van der Waals surface area contributed by atoms with E-state index in [-0.39, 0.29) is 12.2 Å². The van der Waals surface area contributed by atoms with Crippen LogP contribution in [0.25, 0.3) is 10.9 Å². The zero-order valence-electron chi connectivity index (χ0n) is 18.4. The van der Waals surface area contributed by atoms with Crippen LogP contribution in [-0.4, -0.2) is 37.8 Å². The Morgan fingerprint density at radius 1 is 1.32 bits per heavy atom. The Bertz CT molecular complexity index is 1080. The number of aromatic nitrogens is 4. The molecule has 0 saturated heterocycles. The molecule has 7 nitrogen and oxygen atoms in total. The van der Waals surface area contributed by atoms with Gasteiger partial charge in [-0.1, -0.05) is 18.6 Å². The van der Waals surface area contributed by atoms with Gasteiger partial charge in [0.1, 0.15) is 17.5 Å². The van der Waals surface area contributed by atoms with E-state index in [0.717, 1.165) is 53.8 Å². The minimum atomic E-state index is -0.287. The first-order valence-electron chi connectivity index (χ1n) is 11.3. The average Bonchev–Trinajstić information content (AvgIpc) is 3.38. The first-order chi connectivity index (χ1) is 15.0. The van der Waals surface area contributed by atoms with E-state index >= 15 is 0 Å². The summed E-state index contributed by atoms with van der Waals surface area (Å²) in [5.74, 6) is 1.59. The Labute approximate surface area is 182 Å². The molecule has 1 aliphatic heterocycles. The third-order valence-electron chi connectivity index (χ3n) is 6.84. The molecule has 0 radical (unpaired) electrons. The van der Waals surface area contributed by atoms with Gasteiger partial charge in [-0.05, 0) is 67.9 Å². The first kappa shape index (κ1) is 20.4. The Hall–Kier alpha value is -2.51. The zero-order valence-corrected chi connectivity index (χ0v) is 18.4. The van der Waals surface area contributed by atoms with Gasteiger partial charge in [0.2, 0.25) is 0 Å². The van der Waals surface area contributed by atoms with Gasteiger partial charge in [0.05, 0.1) is 37.1 Å². The Balaban J connectivity index is 1.31. The third-order valence-corrected chi connectivity index (χ3v) is 6.84. The topological polar surface area (TPSA) is 82.3 Å². The molecule has 3 heterocycles. The lowest BCUT2D eigenvalue weighted by atomic mass is 9.95. The predicted molar refractivity (Wildman–Crippen MR) is 117 cm³/mol. The van der Waals surface area contributed by atoms with Crippen molar-refractivity contribution in [3.05, 3.63) is 47.4 Å². The summed E-state index contributed by atoms with van der Waals surface area (Å²) >= 11 is 0. The quantitative estimate of drug-likeness (QED) is 0.620. The fourth-order valence-electron chi connectivity index (χ4n) is 4.99. The summed E-state index contributed by atoms with van der Waals surface area (Å²) in [6, 6.07) is 6.39. The third kappa shape index (κ3) is 3.92. The summed E-state index contributed by atoms with van der Waals surface area (Å²) in [6.45, 7) is 7.39. The van der Waals surface area contributed by atoms with Crippen molar-refractivity contribution in [1.29, 1.82) is 0 Å². The number of ether oxygens (including phenoxy) is 2. The van der Waals surface area contributed by atoms with Crippen LogP contribution in [0.2, 0.25) is 0 Å². The molecule has 0 bridgehead atoms. The van der Waals surface area contributed by atoms with Crippen LogP contribution < -0.4 is 4.74 Å². The standard InChI is InChI=1S/C24H30N4O3/c1-4-18(14(2)29)21-10-24(21)28-12-23(26-27-28)15(3)31-17-5-6-22-20(9-17)19-7-8-30-13-16(19)11-25-22/h5-6,9,11-12,14-15,18,21,24,29H,4,7-8,10,13H2,1-3H3. The van der Waals surface area contributed by atoms with E-state index < -0.39 is 0 Å². The number of hydrogen-bond acceptors (Lipinski definition) is 6. The monoisotopic (exact) mass is 422 g/mol. The van der Waals surface area contributed by atoms with Crippen LogP contribution in [0.1, 0.15) is 62.6 Å². The van der Waals surface area contributed by atoms with Crippen molar-refractivity contribution in [2.75, 3.05) is 6.61 Å². The highest BCUT2D eigenvalue weighted by molar-refractivity contribution is 5.84. The van der Waals surface area contributed by atoms with Crippen LogP contribution in [0, 0.1) is 11.8 Å². The molecule has 7 heteroatoms. The lowest BCUT2D eigenvalue weighted by molar-refractivity contribution is 0.106. The maximum Gasteiger partial charge on any atom is 0.141 e. The minimum Gasteiger partial charge on any atom is -0.484 e. The van der Waals surface area contributed by atoms with Crippen molar-refractivity contribution in [3.8, 4) is 5.75 Å². The van der Waals surface area contributed by atoms with Gasteiger partial charge in [-0.2, -0.15) is 0 Å². The summed E-state index contributed by atoms with van der Waals surface area (Å²) in [4.78, 5) is 4.56. The van der Waals surface area contributed by atoms with Crippen LogP contribution in [0.5, 0.6) is 5.75 Å². The normalized spacial score (nSPS) is 23.2. The molecule has 1 aliphatic carbocycles. The van der Waals surface area contributed by atoms with Crippen molar-refractivity contribution >= 4 is 10.9 Å². The largest absolute Gasteiger partial charge is 0.484 e. The van der Waals surface area contributed by atoms with E-state index in [1.807, 2.05) is 43.1 Å². The molecule has 2 aliphatic rings. The fraction of sp³-hybridized carbons (Fsp3) is 0.542. The number of aliphatic hydroxyl groups is 1. The number of aliphatic hydroxyl groups excluding tert-OH is 1. The number of fused-ring (bicyclic) bond motifs is 3.